The Bertz CT molecular complexity index is 1330. The lowest BCUT2D eigenvalue weighted by molar-refractivity contribution is 0.0697. The molecule has 1 unspecified atom stereocenters. The van der Waals surface area contributed by atoms with Gasteiger partial charge in [-0.2, -0.15) is 0 Å². The second-order valence-corrected chi connectivity index (χ2v) is 12.1. The zero-order valence-electron chi connectivity index (χ0n) is 22.6. The van der Waals surface area contributed by atoms with Gasteiger partial charge in [0.1, 0.15) is 0 Å². The molecule has 1 saturated heterocycles. The summed E-state index contributed by atoms with van der Waals surface area (Å²) in [5, 5.41) is 11.8. The van der Waals surface area contributed by atoms with Gasteiger partial charge in [0.15, 0.2) is 0 Å². The highest BCUT2D eigenvalue weighted by molar-refractivity contribution is 6.31. The van der Waals surface area contributed by atoms with E-state index in [2.05, 4.69) is 39.5 Å². The molecule has 3 aliphatic rings. The molecule has 6 rings (SSSR count). The number of benzene rings is 2. The van der Waals surface area contributed by atoms with Gasteiger partial charge in [0, 0.05) is 59.9 Å². The molecule has 38 heavy (non-hydrogen) atoms. The lowest BCUT2D eigenvalue weighted by Gasteiger charge is -2.34. The van der Waals surface area contributed by atoms with Crippen LogP contribution in [0, 0.1) is 5.92 Å². The molecule has 0 spiro atoms. The summed E-state index contributed by atoms with van der Waals surface area (Å²) in [5.41, 5.74) is 6.59. The van der Waals surface area contributed by atoms with Crippen LogP contribution in [-0.2, 0) is 6.54 Å². The third-order valence-electron chi connectivity index (χ3n) is 9.38. The van der Waals surface area contributed by atoms with Crippen LogP contribution < -0.4 is 4.90 Å². The first-order valence-corrected chi connectivity index (χ1v) is 15.1. The van der Waals surface area contributed by atoms with Gasteiger partial charge >= 0.3 is 5.97 Å². The minimum Gasteiger partial charge on any atom is -0.478 e. The third kappa shape index (κ3) is 4.84. The standard InChI is InChI=1S/C32H40ClN3O2/c1-2-22-7-6-14-34(21-22)15-16-35-17-18-36-29-19-24(32(37)38)10-12-26(29)30(23-8-4-3-5-9-23)31(36)27-13-11-25(33)20-28(27)35/h10-13,19-20,22-23H,2-9,14-18,21H2,1H3,(H,37,38). The van der Waals surface area contributed by atoms with Gasteiger partial charge in [-0.05, 0) is 80.0 Å². The molecule has 5 nitrogen and oxygen atoms in total. The maximum absolute atomic E-state index is 11.9. The van der Waals surface area contributed by atoms with Gasteiger partial charge in [-0.3, -0.25) is 0 Å². The fourth-order valence-corrected chi connectivity index (χ4v) is 7.49. The number of carbonyl (C=O) groups is 1. The van der Waals surface area contributed by atoms with Gasteiger partial charge in [0.25, 0.3) is 0 Å². The summed E-state index contributed by atoms with van der Waals surface area (Å²) in [6.07, 6.45) is 10.2. The number of carboxylic acid groups (broad SMARTS) is 1. The van der Waals surface area contributed by atoms with Gasteiger partial charge in [0.2, 0.25) is 0 Å². The number of anilines is 1. The molecule has 2 aromatic carbocycles. The molecule has 2 aliphatic heterocycles. The summed E-state index contributed by atoms with van der Waals surface area (Å²) >= 11 is 6.62. The van der Waals surface area contributed by atoms with E-state index in [9.17, 15) is 9.90 Å². The van der Waals surface area contributed by atoms with E-state index in [4.69, 9.17) is 11.6 Å². The van der Waals surface area contributed by atoms with Crippen molar-refractivity contribution >= 4 is 34.2 Å². The number of hydrogen-bond donors (Lipinski definition) is 1. The van der Waals surface area contributed by atoms with Gasteiger partial charge in [-0.15, -0.1) is 0 Å². The predicted octanol–water partition coefficient (Wildman–Crippen LogP) is 7.65. The Morgan fingerprint density at radius 2 is 1.82 bits per heavy atom. The number of halogens is 1. The van der Waals surface area contributed by atoms with Gasteiger partial charge < -0.3 is 19.5 Å². The van der Waals surface area contributed by atoms with Crippen molar-refractivity contribution < 1.29 is 9.90 Å². The summed E-state index contributed by atoms with van der Waals surface area (Å²) in [4.78, 5) is 17.1. The first kappa shape index (κ1) is 25.8. The fraction of sp³-hybridized carbons (Fsp3) is 0.531. The zero-order valence-corrected chi connectivity index (χ0v) is 23.3. The highest BCUT2D eigenvalue weighted by atomic mass is 35.5. The van der Waals surface area contributed by atoms with Crippen LogP contribution in [0.1, 0.15) is 80.1 Å². The van der Waals surface area contributed by atoms with Crippen molar-refractivity contribution in [3.63, 3.8) is 0 Å². The van der Waals surface area contributed by atoms with E-state index in [0.717, 1.165) is 42.6 Å². The lowest BCUT2D eigenvalue weighted by Crippen LogP contribution is -2.41. The molecule has 0 bridgehead atoms. The molecular weight excluding hydrogens is 494 g/mol. The average Bonchev–Trinajstić information content (AvgIpc) is 3.18. The Morgan fingerprint density at radius 3 is 2.61 bits per heavy atom. The molecule has 1 atom stereocenters. The Labute approximate surface area is 231 Å². The van der Waals surface area contributed by atoms with E-state index in [0.29, 0.717) is 11.5 Å². The second-order valence-electron chi connectivity index (χ2n) is 11.7. The molecular formula is C32H40ClN3O2. The van der Waals surface area contributed by atoms with Crippen molar-refractivity contribution in [1.82, 2.24) is 9.47 Å². The minimum absolute atomic E-state index is 0.362. The molecule has 1 N–H and O–H groups in total. The average molecular weight is 534 g/mol. The van der Waals surface area contributed by atoms with Gasteiger partial charge in [-0.1, -0.05) is 50.3 Å². The van der Waals surface area contributed by atoms with Crippen LogP contribution in [0.4, 0.5) is 5.69 Å². The number of piperidine rings is 1. The van der Waals surface area contributed by atoms with Crippen LogP contribution in [0.25, 0.3) is 22.2 Å². The summed E-state index contributed by atoms with van der Waals surface area (Å²) in [5.74, 6) is 0.465. The molecule has 0 amide bonds. The predicted molar refractivity (Wildman–Crippen MR) is 157 cm³/mol. The molecule has 0 radical (unpaired) electrons. The lowest BCUT2D eigenvalue weighted by atomic mass is 9.81. The topological polar surface area (TPSA) is 48.7 Å². The second kappa shape index (κ2) is 10.9. The summed E-state index contributed by atoms with van der Waals surface area (Å²) in [6, 6.07) is 12.1. The van der Waals surface area contributed by atoms with Gasteiger partial charge in [-0.25, -0.2) is 4.79 Å². The maximum atomic E-state index is 11.9. The zero-order chi connectivity index (χ0) is 26.2. The van der Waals surface area contributed by atoms with Crippen molar-refractivity contribution in [1.29, 1.82) is 0 Å². The van der Waals surface area contributed by atoms with E-state index in [1.165, 1.54) is 92.4 Å². The van der Waals surface area contributed by atoms with Crippen molar-refractivity contribution in [3.8, 4) is 11.3 Å². The Hall–Kier alpha value is -2.50. The number of fused-ring (bicyclic) bond motifs is 5. The molecule has 6 heteroatoms. The molecule has 1 aromatic heterocycles. The highest BCUT2D eigenvalue weighted by Crippen LogP contribution is 2.48. The van der Waals surface area contributed by atoms with Crippen LogP contribution in [-0.4, -0.2) is 53.3 Å². The molecule has 1 aliphatic carbocycles. The number of likely N-dealkylation sites (tertiary alicyclic amines) is 1. The normalized spacial score (nSPS) is 20.8. The van der Waals surface area contributed by atoms with E-state index in [1.807, 2.05) is 12.1 Å². The van der Waals surface area contributed by atoms with E-state index in [1.54, 1.807) is 6.07 Å². The van der Waals surface area contributed by atoms with E-state index < -0.39 is 5.97 Å². The van der Waals surface area contributed by atoms with E-state index in [-0.39, 0.29) is 0 Å². The van der Waals surface area contributed by atoms with Crippen molar-refractivity contribution in [2.45, 2.75) is 70.8 Å². The highest BCUT2D eigenvalue weighted by Gasteiger charge is 2.31. The Kier molecular flexibility index (Phi) is 7.41. The first-order valence-electron chi connectivity index (χ1n) is 14.7. The molecule has 3 heterocycles. The molecule has 202 valence electrons. The number of nitrogens with zero attached hydrogens (tertiary/aromatic N) is 3. The van der Waals surface area contributed by atoms with E-state index >= 15 is 0 Å². The van der Waals surface area contributed by atoms with Crippen molar-refractivity contribution in [2.24, 2.45) is 5.92 Å². The summed E-state index contributed by atoms with van der Waals surface area (Å²) in [6.45, 7) is 8.49. The number of aromatic nitrogens is 1. The largest absolute Gasteiger partial charge is 0.478 e. The van der Waals surface area contributed by atoms with Crippen molar-refractivity contribution in [3.05, 3.63) is 52.5 Å². The molecule has 1 saturated carbocycles. The first-order chi connectivity index (χ1) is 18.5. The monoisotopic (exact) mass is 533 g/mol. The smallest absolute Gasteiger partial charge is 0.335 e. The van der Waals surface area contributed by atoms with Crippen LogP contribution >= 0.6 is 11.6 Å². The molecule has 3 aromatic rings. The number of hydrogen-bond acceptors (Lipinski definition) is 3. The number of aromatic carboxylic acids is 1. The Balaban J connectivity index is 1.43. The SMILES string of the molecule is CCC1CCCN(CCN2CCn3c(c(C4CCCCC4)c4ccc(C(=O)O)cc43)-c3ccc(Cl)cc32)C1. The third-order valence-corrected chi connectivity index (χ3v) is 9.61. The number of carboxylic acids is 1. The quantitative estimate of drug-likeness (QED) is 0.353. The number of rotatable bonds is 6. The fourth-order valence-electron chi connectivity index (χ4n) is 7.33. The van der Waals surface area contributed by atoms with Crippen LogP contribution in [0.2, 0.25) is 5.02 Å². The van der Waals surface area contributed by atoms with Crippen LogP contribution in [0.3, 0.4) is 0 Å². The van der Waals surface area contributed by atoms with Crippen LogP contribution in [0.5, 0.6) is 0 Å². The van der Waals surface area contributed by atoms with Gasteiger partial charge in [0.05, 0.1) is 11.3 Å². The Morgan fingerprint density at radius 1 is 0.974 bits per heavy atom. The minimum atomic E-state index is -0.865. The van der Waals surface area contributed by atoms with Crippen LogP contribution in [0.15, 0.2) is 36.4 Å². The maximum Gasteiger partial charge on any atom is 0.335 e. The summed E-state index contributed by atoms with van der Waals surface area (Å²) in [7, 11) is 0. The molecule has 2 fully saturated rings. The van der Waals surface area contributed by atoms with Crippen molar-refractivity contribution in [2.75, 3.05) is 37.6 Å². The summed E-state index contributed by atoms with van der Waals surface area (Å²) < 4.78 is 2.42.